The average Bonchev–Trinajstić information content (AvgIpc) is 3.06. The second-order valence-electron chi connectivity index (χ2n) is 6.34. The zero-order valence-electron chi connectivity index (χ0n) is 12.5. The summed E-state index contributed by atoms with van der Waals surface area (Å²) in [6.07, 6.45) is 2.40. The summed E-state index contributed by atoms with van der Waals surface area (Å²) >= 11 is 3.08. The van der Waals surface area contributed by atoms with Crippen LogP contribution in [0.5, 0.6) is 0 Å². The Morgan fingerprint density at radius 3 is 2.91 bits per heavy atom. The lowest BCUT2D eigenvalue weighted by Crippen LogP contribution is -2.41. The topological polar surface area (TPSA) is 69.6 Å². The molecule has 5 nitrogen and oxygen atoms in total. The lowest BCUT2D eigenvalue weighted by atomic mass is 9.81. The molecule has 0 spiro atoms. The molecule has 1 aliphatic carbocycles. The monoisotopic (exact) mass is 384 g/mol. The van der Waals surface area contributed by atoms with Gasteiger partial charge in [-0.25, -0.2) is 9.18 Å². The molecule has 7 heteroatoms. The molecule has 0 unspecified atom stereocenters. The number of nitrogens with one attached hydrogen (secondary N) is 1. The number of rotatable bonds is 3. The fourth-order valence-corrected chi connectivity index (χ4v) is 3.98. The van der Waals surface area contributed by atoms with E-state index in [1.165, 1.54) is 6.07 Å². The van der Waals surface area contributed by atoms with Crippen molar-refractivity contribution in [3.05, 3.63) is 34.1 Å². The van der Waals surface area contributed by atoms with Gasteiger partial charge in [0.15, 0.2) is 0 Å². The van der Waals surface area contributed by atoms with Crippen molar-refractivity contribution in [2.45, 2.75) is 25.8 Å². The van der Waals surface area contributed by atoms with Crippen LogP contribution in [-0.2, 0) is 11.3 Å². The minimum Gasteiger partial charge on any atom is -0.481 e. The Hall–Kier alpha value is -1.63. The number of nitrogens with zero attached hydrogens (tertiary/aromatic N) is 1. The van der Waals surface area contributed by atoms with Gasteiger partial charge in [-0.15, -0.1) is 0 Å². The number of carboxylic acid groups (broad SMARTS) is 1. The van der Waals surface area contributed by atoms with Gasteiger partial charge in [-0.3, -0.25) is 4.79 Å². The molecule has 1 aromatic carbocycles. The van der Waals surface area contributed by atoms with Crippen molar-refractivity contribution in [1.29, 1.82) is 0 Å². The van der Waals surface area contributed by atoms with E-state index in [0.717, 1.165) is 12.8 Å². The number of carboxylic acids is 1. The summed E-state index contributed by atoms with van der Waals surface area (Å²) in [4.78, 5) is 25.5. The van der Waals surface area contributed by atoms with E-state index < -0.39 is 11.4 Å². The molecule has 2 fully saturated rings. The van der Waals surface area contributed by atoms with Crippen LogP contribution in [0.25, 0.3) is 0 Å². The highest BCUT2D eigenvalue weighted by molar-refractivity contribution is 9.10. The molecule has 1 saturated heterocycles. The van der Waals surface area contributed by atoms with Gasteiger partial charge in [-0.1, -0.05) is 12.5 Å². The molecule has 2 N–H and O–H groups in total. The Labute approximate surface area is 142 Å². The first-order chi connectivity index (χ1) is 10.9. The van der Waals surface area contributed by atoms with E-state index in [-0.39, 0.29) is 30.9 Å². The van der Waals surface area contributed by atoms with Crippen LogP contribution in [0.1, 0.15) is 24.8 Å². The zero-order valence-corrected chi connectivity index (χ0v) is 14.1. The largest absolute Gasteiger partial charge is 0.481 e. The average molecular weight is 385 g/mol. The van der Waals surface area contributed by atoms with Crippen LogP contribution in [0, 0.1) is 17.2 Å². The van der Waals surface area contributed by atoms with Crippen molar-refractivity contribution < 1.29 is 19.1 Å². The van der Waals surface area contributed by atoms with Gasteiger partial charge in [0.25, 0.3) is 0 Å². The van der Waals surface area contributed by atoms with E-state index in [1.54, 1.807) is 17.0 Å². The smallest absolute Gasteiger partial charge is 0.317 e. The van der Waals surface area contributed by atoms with Gasteiger partial charge in [-0.2, -0.15) is 0 Å². The maximum absolute atomic E-state index is 13.5. The number of hydrogen-bond acceptors (Lipinski definition) is 2. The van der Waals surface area contributed by atoms with E-state index >= 15 is 0 Å². The summed E-state index contributed by atoms with van der Waals surface area (Å²) in [7, 11) is 0. The highest BCUT2D eigenvalue weighted by Gasteiger charge is 2.55. The van der Waals surface area contributed by atoms with Gasteiger partial charge in [-0.05, 0) is 52.4 Å². The molecule has 3 rings (SSSR count). The molecule has 0 radical (unpaired) electrons. The van der Waals surface area contributed by atoms with Gasteiger partial charge in [0.2, 0.25) is 0 Å². The number of fused-ring (bicyclic) bond motifs is 1. The molecule has 0 aromatic heterocycles. The Kier molecular flexibility index (Phi) is 4.31. The third-order valence-corrected chi connectivity index (χ3v) is 5.65. The number of aliphatic carboxylic acids is 1. The molecule has 124 valence electrons. The van der Waals surface area contributed by atoms with Crippen LogP contribution in [0.4, 0.5) is 9.18 Å². The zero-order chi connectivity index (χ0) is 16.6. The third kappa shape index (κ3) is 2.94. The van der Waals surface area contributed by atoms with E-state index in [0.29, 0.717) is 23.0 Å². The fraction of sp³-hybridized carbons (Fsp3) is 0.500. The first-order valence-electron chi connectivity index (χ1n) is 7.62. The van der Waals surface area contributed by atoms with Crippen LogP contribution < -0.4 is 5.32 Å². The first-order valence-corrected chi connectivity index (χ1v) is 8.42. The molecular formula is C16H18BrFN2O3. The number of carbonyl (C=O) groups excluding carboxylic acids is 1. The van der Waals surface area contributed by atoms with Crippen molar-refractivity contribution in [1.82, 2.24) is 10.2 Å². The maximum Gasteiger partial charge on any atom is 0.317 e. The summed E-state index contributed by atoms with van der Waals surface area (Å²) in [5.74, 6) is -1.14. The third-order valence-electron chi connectivity index (χ3n) is 5.01. The standard InChI is InChI=1S/C16H18BrFN2O3/c17-12-4-3-10(6-13(12)18)7-19-15(23)20-8-11-2-1-5-16(11,9-20)14(21)22/h3-4,6,11H,1-2,5,7-9H2,(H,19,23)(H,21,22)/t11-,16+/m0/s1. The van der Waals surface area contributed by atoms with E-state index in [9.17, 15) is 19.1 Å². The van der Waals surface area contributed by atoms with Crippen molar-refractivity contribution in [2.75, 3.05) is 13.1 Å². The Morgan fingerprint density at radius 2 is 2.26 bits per heavy atom. The quantitative estimate of drug-likeness (QED) is 0.841. The van der Waals surface area contributed by atoms with Crippen molar-refractivity contribution in [2.24, 2.45) is 11.3 Å². The Morgan fingerprint density at radius 1 is 1.48 bits per heavy atom. The minimum atomic E-state index is -0.801. The lowest BCUT2D eigenvalue weighted by molar-refractivity contribution is -0.149. The van der Waals surface area contributed by atoms with Crippen LogP contribution in [0.2, 0.25) is 0 Å². The van der Waals surface area contributed by atoms with Crippen molar-refractivity contribution >= 4 is 27.9 Å². The Balaban J connectivity index is 1.61. The highest BCUT2D eigenvalue weighted by Crippen LogP contribution is 2.48. The molecule has 2 atom stereocenters. The van der Waals surface area contributed by atoms with Crippen LogP contribution in [-0.4, -0.2) is 35.1 Å². The van der Waals surface area contributed by atoms with Crippen LogP contribution in [0.3, 0.4) is 0 Å². The molecule has 2 aliphatic rings. The van der Waals surface area contributed by atoms with Gasteiger partial charge < -0.3 is 15.3 Å². The SMILES string of the molecule is O=C(NCc1ccc(Br)c(F)c1)N1C[C@@H]2CCC[C@@]2(C(=O)O)C1. The van der Waals surface area contributed by atoms with E-state index in [4.69, 9.17) is 0 Å². The van der Waals surface area contributed by atoms with Gasteiger partial charge in [0.1, 0.15) is 5.82 Å². The highest BCUT2D eigenvalue weighted by atomic mass is 79.9. The number of halogens is 2. The molecule has 2 amide bonds. The van der Waals surface area contributed by atoms with Gasteiger partial charge >= 0.3 is 12.0 Å². The summed E-state index contributed by atoms with van der Waals surface area (Å²) in [5, 5.41) is 12.3. The van der Waals surface area contributed by atoms with E-state index in [1.807, 2.05) is 0 Å². The fourth-order valence-electron chi connectivity index (χ4n) is 3.73. The molecule has 1 aliphatic heterocycles. The molecule has 1 saturated carbocycles. The molecular weight excluding hydrogens is 367 g/mol. The summed E-state index contributed by atoms with van der Waals surface area (Å²) in [5.41, 5.74) is -0.118. The molecule has 23 heavy (non-hydrogen) atoms. The van der Waals surface area contributed by atoms with E-state index in [2.05, 4.69) is 21.2 Å². The number of carbonyl (C=O) groups is 2. The van der Waals surface area contributed by atoms with Crippen LogP contribution in [0.15, 0.2) is 22.7 Å². The normalized spacial score (nSPS) is 26.2. The van der Waals surface area contributed by atoms with Crippen LogP contribution >= 0.6 is 15.9 Å². The van der Waals surface area contributed by atoms with Gasteiger partial charge in [0.05, 0.1) is 9.89 Å². The van der Waals surface area contributed by atoms with Gasteiger partial charge in [0, 0.05) is 19.6 Å². The molecule has 1 heterocycles. The minimum absolute atomic E-state index is 0.0378. The summed E-state index contributed by atoms with van der Waals surface area (Å²) in [6.45, 7) is 0.949. The number of urea groups is 1. The number of benzene rings is 1. The Bertz CT molecular complexity index is 654. The first kappa shape index (κ1) is 16.2. The van der Waals surface area contributed by atoms with Crippen molar-refractivity contribution in [3.63, 3.8) is 0 Å². The maximum atomic E-state index is 13.5. The lowest BCUT2D eigenvalue weighted by Gasteiger charge is -2.23. The number of hydrogen-bond donors (Lipinski definition) is 2. The summed E-state index contributed by atoms with van der Waals surface area (Å²) < 4.78 is 13.8. The second-order valence-corrected chi connectivity index (χ2v) is 7.19. The van der Waals surface area contributed by atoms with Crippen molar-refractivity contribution in [3.8, 4) is 0 Å². The number of amides is 2. The summed E-state index contributed by atoms with van der Waals surface area (Å²) in [6, 6.07) is 4.40. The second kappa shape index (κ2) is 6.11. The molecule has 0 bridgehead atoms. The predicted octanol–water partition coefficient (Wildman–Crippen LogP) is 2.98. The number of likely N-dealkylation sites (tertiary alicyclic amines) is 1. The molecule has 1 aromatic rings. The predicted molar refractivity (Wildman–Crippen MR) is 85.3 cm³/mol.